The summed E-state index contributed by atoms with van der Waals surface area (Å²) in [6, 6.07) is 6.28. The van der Waals surface area contributed by atoms with Gasteiger partial charge in [0.05, 0.1) is 6.10 Å². The van der Waals surface area contributed by atoms with Gasteiger partial charge in [0.25, 0.3) is 0 Å². The van der Waals surface area contributed by atoms with E-state index in [1.54, 1.807) is 0 Å². The summed E-state index contributed by atoms with van der Waals surface area (Å²) in [5.74, 6) is 0. The zero-order chi connectivity index (χ0) is 15.1. The van der Waals surface area contributed by atoms with Gasteiger partial charge in [-0.3, -0.25) is 0 Å². The molecule has 1 atom stereocenters. The minimum Gasteiger partial charge on any atom is -0.387 e. The van der Waals surface area contributed by atoms with Crippen LogP contribution in [0.5, 0.6) is 0 Å². The molecule has 0 saturated carbocycles. The van der Waals surface area contributed by atoms with Crippen molar-refractivity contribution in [3.05, 3.63) is 34.9 Å². The summed E-state index contributed by atoms with van der Waals surface area (Å²) in [7, 11) is 4.20. The second-order valence-corrected chi connectivity index (χ2v) is 5.93. The van der Waals surface area contributed by atoms with Crippen LogP contribution in [0.1, 0.15) is 36.1 Å². The molecule has 3 heteroatoms. The number of benzene rings is 1. The smallest absolute Gasteiger partial charge is 0.0919 e. The van der Waals surface area contributed by atoms with Gasteiger partial charge in [-0.25, -0.2) is 0 Å². The van der Waals surface area contributed by atoms with Crippen molar-refractivity contribution in [1.29, 1.82) is 0 Å². The molecule has 0 radical (unpaired) electrons. The second kappa shape index (κ2) is 8.40. The largest absolute Gasteiger partial charge is 0.387 e. The maximum absolute atomic E-state index is 10.5. The van der Waals surface area contributed by atoms with Gasteiger partial charge >= 0.3 is 0 Å². The average Bonchev–Trinajstić information content (AvgIpc) is 2.36. The molecule has 1 aromatic rings. The van der Waals surface area contributed by atoms with Crippen molar-refractivity contribution in [2.45, 2.75) is 33.3 Å². The zero-order valence-corrected chi connectivity index (χ0v) is 13.7. The van der Waals surface area contributed by atoms with E-state index in [2.05, 4.69) is 62.9 Å². The molecular formula is C17H30N2O. The Hall–Kier alpha value is -0.900. The number of hydrogen-bond acceptors (Lipinski definition) is 3. The lowest BCUT2D eigenvalue weighted by Gasteiger charge is -2.25. The molecule has 0 spiro atoms. The van der Waals surface area contributed by atoms with E-state index in [-0.39, 0.29) is 0 Å². The van der Waals surface area contributed by atoms with Crippen LogP contribution in [0.25, 0.3) is 0 Å². The van der Waals surface area contributed by atoms with Gasteiger partial charge in [0.2, 0.25) is 0 Å². The van der Waals surface area contributed by atoms with Crippen LogP contribution in [-0.2, 0) is 0 Å². The van der Waals surface area contributed by atoms with Gasteiger partial charge in [-0.05, 0) is 65.1 Å². The molecule has 0 saturated heterocycles. The third-order valence-electron chi connectivity index (χ3n) is 3.74. The standard InChI is InChI=1S/C17H30N2O/c1-6-19(11-7-10-18(4)5)13-17(20)16-9-8-14(2)12-15(16)3/h8-9,12,17,20H,6-7,10-11,13H2,1-5H3. The van der Waals surface area contributed by atoms with Crippen LogP contribution in [0.15, 0.2) is 18.2 Å². The lowest BCUT2D eigenvalue weighted by molar-refractivity contribution is 0.113. The summed E-state index contributed by atoms with van der Waals surface area (Å²) in [5.41, 5.74) is 3.49. The van der Waals surface area contributed by atoms with Crippen molar-refractivity contribution >= 4 is 0 Å². The van der Waals surface area contributed by atoms with E-state index in [4.69, 9.17) is 0 Å². The molecule has 0 aliphatic carbocycles. The number of aryl methyl sites for hydroxylation is 2. The van der Waals surface area contributed by atoms with Crippen molar-refractivity contribution in [1.82, 2.24) is 9.80 Å². The van der Waals surface area contributed by atoms with Crippen molar-refractivity contribution < 1.29 is 5.11 Å². The predicted octanol–water partition coefficient (Wildman–Crippen LogP) is 2.61. The summed E-state index contributed by atoms with van der Waals surface area (Å²) in [5, 5.41) is 10.5. The number of nitrogens with zero attached hydrogens (tertiary/aromatic N) is 2. The van der Waals surface area contributed by atoms with E-state index in [0.717, 1.165) is 31.6 Å². The van der Waals surface area contributed by atoms with Gasteiger partial charge in [-0.2, -0.15) is 0 Å². The Bertz CT molecular complexity index is 404. The van der Waals surface area contributed by atoms with Crippen LogP contribution in [0, 0.1) is 13.8 Å². The molecule has 114 valence electrons. The first kappa shape index (κ1) is 17.2. The van der Waals surface area contributed by atoms with Crippen molar-refractivity contribution in [2.75, 3.05) is 40.3 Å². The van der Waals surface area contributed by atoms with Crippen LogP contribution in [0.3, 0.4) is 0 Å². The summed E-state index contributed by atoms with van der Waals surface area (Å²) < 4.78 is 0. The third kappa shape index (κ3) is 5.61. The molecule has 3 nitrogen and oxygen atoms in total. The summed E-state index contributed by atoms with van der Waals surface area (Å²) in [6.45, 7) is 10.1. The summed E-state index contributed by atoms with van der Waals surface area (Å²) in [4.78, 5) is 4.53. The minimum absolute atomic E-state index is 0.394. The molecule has 0 heterocycles. The zero-order valence-electron chi connectivity index (χ0n) is 13.7. The van der Waals surface area contributed by atoms with E-state index in [9.17, 15) is 5.11 Å². The van der Waals surface area contributed by atoms with Gasteiger partial charge in [-0.1, -0.05) is 30.7 Å². The molecule has 0 bridgehead atoms. The highest BCUT2D eigenvalue weighted by Gasteiger charge is 2.14. The van der Waals surface area contributed by atoms with Gasteiger partial charge in [-0.15, -0.1) is 0 Å². The highest BCUT2D eigenvalue weighted by Crippen LogP contribution is 2.20. The minimum atomic E-state index is -0.394. The van der Waals surface area contributed by atoms with Gasteiger partial charge in [0.15, 0.2) is 0 Å². The normalized spacial score (nSPS) is 13.2. The summed E-state index contributed by atoms with van der Waals surface area (Å²) >= 11 is 0. The van der Waals surface area contributed by atoms with E-state index < -0.39 is 6.10 Å². The van der Waals surface area contributed by atoms with Gasteiger partial charge in [0.1, 0.15) is 0 Å². The quantitative estimate of drug-likeness (QED) is 0.792. The molecule has 1 N–H and O–H groups in total. The fourth-order valence-corrected chi connectivity index (χ4v) is 2.53. The predicted molar refractivity (Wildman–Crippen MR) is 86.2 cm³/mol. The van der Waals surface area contributed by atoms with Crippen LogP contribution in [0.2, 0.25) is 0 Å². The molecule has 20 heavy (non-hydrogen) atoms. The maximum Gasteiger partial charge on any atom is 0.0919 e. The van der Waals surface area contributed by atoms with E-state index in [1.807, 2.05) is 0 Å². The molecule has 0 fully saturated rings. The number of rotatable bonds is 8. The van der Waals surface area contributed by atoms with Gasteiger partial charge in [0, 0.05) is 6.54 Å². The lowest BCUT2D eigenvalue weighted by Crippen LogP contribution is -2.31. The molecule has 0 amide bonds. The Labute approximate surface area is 124 Å². The number of aliphatic hydroxyl groups excluding tert-OH is 1. The Morgan fingerprint density at radius 1 is 1.15 bits per heavy atom. The monoisotopic (exact) mass is 278 g/mol. The number of likely N-dealkylation sites (N-methyl/N-ethyl adjacent to an activating group) is 1. The molecule has 0 aromatic heterocycles. The molecule has 1 aromatic carbocycles. The number of aliphatic hydroxyl groups is 1. The maximum atomic E-state index is 10.5. The molecule has 1 rings (SSSR count). The fourth-order valence-electron chi connectivity index (χ4n) is 2.53. The van der Waals surface area contributed by atoms with Crippen LogP contribution >= 0.6 is 0 Å². The van der Waals surface area contributed by atoms with Gasteiger partial charge < -0.3 is 14.9 Å². The first-order chi connectivity index (χ1) is 9.43. The van der Waals surface area contributed by atoms with E-state index in [1.165, 1.54) is 11.1 Å². The van der Waals surface area contributed by atoms with E-state index in [0.29, 0.717) is 6.54 Å². The Morgan fingerprint density at radius 2 is 1.85 bits per heavy atom. The topological polar surface area (TPSA) is 26.7 Å². The van der Waals surface area contributed by atoms with Crippen LogP contribution in [-0.4, -0.2) is 55.2 Å². The first-order valence-electron chi connectivity index (χ1n) is 7.56. The van der Waals surface area contributed by atoms with Crippen LogP contribution < -0.4 is 0 Å². The Morgan fingerprint density at radius 3 is 2.40 bits per heavy atom. The molecule has 0 aliphatic rings. The molecular weight excluding hydrogens is 248 g/mol. The second-order valence-electron chi connectivity index (χ2n) is 5.93. The average molecular weight is 278 g/mol. The molecule has 0 aliphatic heterocycles. The summed E-state index contributed by atoms with van der Waals surface area (Å²) in [6.07, 6.45) is 0.746. The Kier molecular flexibility index (Phi) is 7.20. The Balaban J connectivity index is 2.55. The van der Waals surface area contributed by atoms with Crippen molar-refractivity contribution in [2.24, 2.45) is 0 Å². The van der Waals surface area contributed by atoms with Crippen molar-refractivity contribution in [3.8, 4) is 0 Å². The number of hydrogen-bond donors (Lipinski definition) is 1. The SMILES string of the molecule is CCN(CCCN(C)C)CC(O)c1ccc(C)cc1C. The molecule has 1 unspecified atom stereocenters. The van der Waals surface area contributed by atoms with E-state index >= 15 is 0 Å². The highest BCUT2D eigenvalue weighted by molar-refractivity contribution is 5.32. The first-order valence-corrected chi connectivity index (χ1v) is 7.56. The third-order valence-corrected chi connectivity index (χ3v) is 3.74. The van der Waals surface area contributed by atoms with Crippen LogP contribution in [0.4, 0.5) is 0 Å². The van der Waals surface area contributed by atoms with Crippen molar-refractivity contribution in [3.63, 3.8) is 0 Å². The lowest BCUT2D eigenvalue weighted by atomic mass is 10.0. The highest BCUT2D eigenvalue weighted by atomic mass is 16.3. The fraction of sp³-hybridized carbons (Fsp3) is 0.647.